The Morgan fingerprint density at radius 2 is 1.92 bits per heavy atom. The zero-order valence-electron chi connectivity index (χ0n) is 14.6. The van der Waals surface area contributed by atoms with Crippen LogP contribution in [0.3, 0.4) is 0 Å². The molecule has 7 nitrogen and oxygen atoms in total. The Balaban J connectivity index is 2.09. The molecule has 3 amide bonds. The van der Waals surface area contributed by atoms with Crippen LogP contribution in [0.5, 0.6) is 0 Å². The fourth-order valence-corrected chi connectivity index (χ4v) is 3.66. The minimum absolute atomic E-state index is 0.00873. The molecule has 1 aliphatic carbocycles. The summed E-state index contributed by atoms with van der Waals surface area (Å²) < 4.78 is 0. The molecule has 24 heavy (non-hydrogen) atoms. The molecule has 0 unspecified atom stereocenters. The molecule has 3 N–H and O–H groups in total. The quantitative estimate of drug-likeness (QED) is 0.747. The number of hydrogen-bond acceptors (Lipinski definition) is 4. The highest BCUT2D eigenvalue weighted by Gasteiger charge is 2.40. The van der Waals surface area contributed by atoms with E-state index in [1.807, 2.05) is 20.8 Å². The number of Topliss-reactive ketones (excluding diaryl/α,β-unsaturated/α-hetero) is 1. The average Bonchev–Trinajstić information content (AvgIpc) is 3.09. The molecular formula is C17H27N3O4. The van der Waals surface area contributed by atoms with Gasteiger partial charge in [-0.3, -0.25) is 19.2 Å². The van der Waals surface area contributed by atoms with E-state index in [4.69, 9.17) is 5.73 Å². The molecule has 0 aromatic heterocycles. The lowest BCUT2D eigenvalue weighted by Crippen LogP contribution is -2.55. The van der Waals surface area contributed by atoms with E-state index in [-0.39, 0.29) is 41.8 Å². The molecule has 2 fully saturated rings. The van der Waals surface area contributed by atoms with Gasteiger partial charge in [-0.15, -0.1) is 0 Å². The van der Waals surface area contributed by atoms with E-state index in [9.17, 15) is 19.2 Å². The first-order chi connectivity index (χ1) is 11.2. The third-order valence-electron chi connectivity index (χ3n) is 5.12. The molecule has 1 saturated carbocycles. The number of rotatable bonds is 5. The van der Waals surface area contributed by atoms with Gasteiger partial charge < -0.3 is 16.0 Å². The second-order valence-electron chi connectivity index (χ2n) is 7.35. The lowest BCUT2D eigenvalue weighted by molar-refractivity contribution is -0.142. The van der Waals surface area contributed by atoms with Crippen molar-refractivity contribution in [3.63, 3.8) is 0 Å². The number of primary amides is 1. The first kappa shape index (κ1) is 18.4. The van der Waals surface area contributed by atoms with Gasteiger partial charge in [-0.1, -0.05) is 20.8 Å². The van der Waals surface area contributed by atoms with Gasteiger partial charge in [0.05, 0.1) is 0 Å². The van der Waals surface area contributed by atoms with Gasteiger partial charge in [0.2, 0.25) is 17.7 Å². The van der Waals surface area contributed by atoms with Crippen molar-refractivity contribution in [1.29, 1.82) is 0 Å². The lowest BCUT2D eigenvalue weighted by atomic mass is 9.95. The zero-order chi connectivity index (χ0) is 18.0. The summed E-state index contributed by atoms with van der Waals surface area (Å²) in [5, 5.41) is 2.81. The van der Waals surface area contributed by atoms with Crippen molar-refractivity contribution < 1.29 is 19.2 Å². The Hall–Kier alpha value is -1.92. The zero-order valence-corrected chi connectivity index (χ0v) is 14.6. The van der Waals surface area contributed by atoms with Crippen LogP contribution >= 0.6 is 0 Å². The standard InChI is InChI=1S/C17H27N3O4/c1-9(2)14(17(24)20-6-4-5-13(20)15(18)22)19-16(23)12-8-11(21)7-10(12)3/h9-10,12-14H,4-8H2,1-3H3,(H2,18,22)(H,19,23)/t10-,12+,13-,14-/m0/s1. The Morgan fingerprint density at radius 1 is 1.25 bits per heavy atom. The molecule has 0 aromatic carbocycles. The second-order valence-corrected chi connectivity index (χ2v) is 7.35. The molecule has 0 radical (unpaired) electrons. The molecular weight excluding hydrogens is 310 g/mol. The predicted molar refractivity (Wildman–Crippen MR) is 87.6 cm³/mol. The van der Waals surface area contributed by atoms with E-state index in [0.29, 0.717) is 19.4 Å². The predicted octanol–water partition coefficient (Wildman–Crippen LogP) is 0.219. The highest BCUT2D eigenvalue weighted by molar-refractivity contribution is 5.95. The van der Waals surface area contributed by atoms with Crippen molar-refractivity contribution in [2.45, 2.75) is 58.5 Å². The van der Waals surface area contributed by atoms with Crippen molar-refractivity contribution in [2.24, 2.45) is 23.5 Å². The summed E-state index contributed by atoms with van der Waals surface area (Å²) in [7, 11) is 0. The second kappa shape index (κ2) is 7.32. The Bertz CT molecular complexity index is 546. The molecule has 4 atom stereocenters. The van der Waals surface area contributed by atoms with E-state index < -0.39 is 18.0 Å². The molecule has 2 rings (SSSR count). The van der Waals surface area contributed by atoms with E-state index in [1.165, 1.54) is 4.90 Å². The van der Waals surface area contributed by atoms with Gasteiger partial charge in [0, 0.05) is 25.3 Å². The number of nitrogens with two attached hydrogens (primary N) is 1. The van der Waals surface area contributed by atoms with Gasteiger partial charge in [0.25, 0.3) is 0 Å². The van der Waals surface area contributed by atoms with Crippen LogP contribution in [0.25, 0.3) is 0 Å². The highest BCUT2D eigenvalue weighted by Crippen LogP contribution is 2.29. The summed E-state index contributed by atoms with van der Waals surface area (Å²) in [5.41, 5.74) is 5.38. The number of carbonyl (C=O) groups is 4. The molecule has 1 saturated heterocycles. The van der Waals surface area contributed by atoms with Crippen LogP contribution in [0.1, 0.15) is 46.5 Å². The van der Waals surface area contributed by atoms with Crippen LogP contribution in [-0.2, 0) is 19.2 Å². The maximum atomic E-state index is 12.8. The van der Waals surface area contributed by atoms with Gasteiger partial charge in [0.15, 0.2) is 0 Å². The van der Waals surface area contributed by atoms with E-state index >= 15 is 0 Å². The summed E-state index contributed by atoms with van der Waals surface area (Å²) >= 11 is 0. The maximum Gasteiger partial charge on any atom is 0.246 e. The smallest absolute Gasteiger partial charge is 0.246 e. The largest absolute Gasteiger partial charge is 0.368 e. The van der Waals surface area contributed by atoms with Gasteiger partial charge >= 0.3 is 0 Å². The maximum absolute atomic E-state index is 12.8. The minimum atomic E-state index is -0.708. The third-order valence-corrected chi connectivity index (χ3v) is 5.12. The molecule has 1 heterocycles. The van der Waals surface area contributed by atoms with Crippen LogP contribution in [0.4, 0.5) is 0 Å². The molecule has 7 heteroatoms. The van der Waals surface area contributed by atoms with Crippen molar-refractivity contribution in [1.82, 2.24) is 10.2 Å². The SMILES string of the molecule is CC(C)[C@H](NC(=O)[C@@H]1CC(=O)C[C@@H]1C)C(=O)N1CCC[C@H]1C(N)=O. The fraction of sp³-hybridized carbons (Fsp3) is 0.765. The summed E-state index contributed by atoms with van der Waals surface area (Å²) in [5.74, 6) is -1.45. The minimum Gasteiger partial charge on any atom is -0.368 e. The number of likely N-dealkylation sites (tertiary alicyclic amines) is 1. The first-order valence-electron chi connectivity index (χ1n) is 8.64. The third kappa shape index (κ3) is 3.76. The molecule has 0 aromatic rings. The van der Waals surface area contributed by atoms with E-state index in [0.717, 1.165) is 6.42 Å². The van der Waals surface area contributed by atoms with Crippen molar-refractivity contribution >= 4 is 23.5 Å². The van der Waals surface area contributed by atoms with Crippen molar-refractivity contribution in [3.8, 4) is 0 Å². The van der Waals surface area contributed by atoms with Gasteiger partial charge in [-0.05, 0) is 24.7 Å². The van der Waals surface area contributed by atoms with E-state index in [2.05, 4.69) is 5.32 Å². The van der Waals surface area contributed by atoms with E-state index in [1.54, 1.807) is 0 Å². The van der Waals surface area contributed by atoms with Crippen LogP contribution in [0.15, 0.2) is 0 Å². The number of amides is 3. The molecule has 0 bridgehead atoms. The summed E-state index contributed by atoms with van der Waals surface area (Å²) in [6.45, 7) is 6.05. The monoisotopic (exact) mass is 337 g/mol. The molecule has 0 spiro atoms. The van der Waals surface area contributed by atoms with Crippen molar-refractivity contribution in [2.75, 3.05) is 6.54 Å². The fourth-order valence-electron chi connectivity index (χ4n) is 3.66. The molecule has 134 valence electrons. The van der Waals surface area contributed by atoms with Crippen LogP contribution in [0.2, 0.25) is 0 Å². The highest BCUT2D eigenvalue weighted by atomic mass is 16.2. The number of carbonyl (C=O) groups excluding carboxylic acids is 4. The Morgan fingerprint density at radius 3 is 2.42 bits per heavy atom. The number of nitrogens with one attached hydrogen (secondary N) is 1. The number of hydrogen-bond donors (Lipinski definition) is 2. The number of ketones is 1. The van der Waals surface area contributed by atoms with Crippen LogP contribution in [0, 0.1) is 17.8 Å². The van der Waals surface area contributed by atoms with Gasteiger partial charge in [0.1, 0.15) is 17.9 Å². The van der Waals surface area contributed by atoms with Crippen LogP contribution < -0.4 is 11.1 Å². The summed E-state index contributed by atoms with van der Waals surface area (Å²) in [6, 6.07) is -1.30. The Labute approximate surface area is 142 Å². The number of nitrogens with zero attached hydrogens (tertiary/aromatic N) is 1. The topological polar surface area (TPSA) is 110 Å². The Kier molecular flexibility index (Phi) is 5.62. The molecule has 1 aliphatic heterocycles. The average molecular weight is 337 g/mol. The van der Waals surface area contributed by atoms with Crippen LogP contribution in [-0.4, -0.2) is 47.0 Å². The molecule has 2 aliphatic rings. The summed E-state index contributed by atoms with van der Waals surface area (Å²) in [6.07, 6.45) is 1.94. The van der Waals surface area contributed by atoms with Gasteiger partial charge in [-0.25, -0.2) is 0 Å². The first-order valence-corrected chi connectivity index (χ1v) is 8.64. The van der Waals surface area contributed by atoms with Gasteiger partial charge in [-0.2, -0.15) is 0 Å². The lowest BCUT2D eigenvalue weighted by Gasteiger charge is -2.30. The summed E-state index contributed by atoms with van der Waals surface area (Å²) in [4.78, 5) is 49.9. The van der Waals surface area contributed by atoms with Crippen molar-refractivity contribution in [3.05, 3.63) is 0 Å². The normalized spacial score (nSPS) is 28.2.